The summed E-state index contributed by atoms with van der Waals surface area (Å²) < 4.78 is 1.50. The zero-order valence-electron chi connectivity index (χ0n) is 12.5. The van der Waals surface area contributed by atoms with Crippen LogP contribution < -0.4 is 11.0 Å². The molecule has 0 aromatic carbocycles. The van der Waals surface area contributed by atoms with E-state index in [1.54, 1.807) is 6.92 Å². The first-order valence-electron chi connectivity index (χ1n) is 6.86. The van der Waals surface area contributed by atoms with Gasteiger partial charge in [-0.3, -0.25) is 9.36 Å². The topological polar surface area (TPSA) is 92.7 Å². The van der Waals surface area contributed by atoms with E-state index in [2.05, 4.69) is 20.5 Å². The maximum absolute atomic E-state index is 12.2. The van der Waals surface area contributed by atoms with Gasteiger partial charge in [-0.2, -0.15) is 0 Å². The van der Waals surface area contributed by atoms with Gasteiger partial charge in [0.15, 0.2) is 11.0 Å². The number of nitrogens with one attached hydrogen (secondary N) is 2. The number of carbonyl (C=O) groups is 1. The van der Waals surface area contributed by atoms with Crippen molar-refractivity contribution in [3.8, 4) is 0 Å². The van der Waals surface area contributed by atoms with Gasteiger partial charge in [-0.25, -0.2) is 14.9 Å². The van der Waals surface area contributed by atoms with Gasteiger partial charge in [-0.15, -0.1) is 5.10 Å². The van der Waals surface area contributed by atoms with Gasteiger partial charge in [0.1, 0.15) is 0 Å². The van der Waals surface area contributed by atoms with Crippen molar-refractivity contribution in [1.29, 1.82) is 0 Å². The van der Waals surface area contributed by atoms with Crippen LogP contribution in [0.1, 0.15) is 20.3 Å². The Morgan fingerprint density at radius 1 is 1.52 bits per heavy atom. The third-order valence-corrected chi connectivity index (χ3v) is 4.46. The van der Waals surface area contributed by atoms with Gasteiger partial charge in [0.05, 0.1) is 15.3 Å². The van der Waals surface area contributed by atoms with Crippen molar-refractivity contribution < 1.29 is 4.79 Å². The lowest BCUT2D eigenvalue weighted by molar-refractivity contribution is -0.115. The number of anilines is 1. The molecule has 2 aromatic rings. The lowest BCUT2D eigenvalue weighted by Gasteiger charge is -2.12. The van der Waals surface area contributed by atoms with E-state index in [9.17, 15) is 9.59 Å². The smallest absolute Gasteiger partial charge is 0.308 e. The van der Waals surface area contributed by atoms with Crippen LogP contribution in [0.2, 0.25) is 10.0 Å². The lowest BCUT2D eigenvalue weighted by atomic mass is 10.4. The van der Waals surface area contributed by atoms with Gasteiger partial charge in [-0.05, 0) is 19.4 Å². The number of pyridine rings is 1. The molecule has 0 spiro atoms. The minimum Gasteiger partial charge on any atom is -0.308 e. The molecule has 2 N–H and O–H groups in total. The zero-order valence-corrected chi connectivity index (χ0v) is 14.8. The minimum atomic E-state index is -0.491. The van der Waals surface area contributed by atoms with Crippen LogP contribution in [0.25, 0.3) is 0 Å². The number of carbonyl (C=O) groups excluding carboxylic acids is 1. The molecule has 10 heteroatoms. The second kappa shape index (κ2) is 7.85. The third-order valence-electron chi connectivity index (χ3n) is 2.87. The number of halogens is 2. The van der Waals surface area contributed by atoms with Crippen molar-refractivity contribution in [3.63, 3.8) is 0 Å². The summed E-state index contributed by atoms with van der Waals surface area (Å²) in [4.78, 5) is 27.9. The number of nitrogens with zero attached hydrogens (tertiary/aromatic N) is 3. The first kappa shape index (κ1) is 17.8. The summed E-state index contributed by atoms with van der Waals surface area (Å²) in [6.07, 6.45) is 2.19. The third kappa shape index (κ3) is 4.49. The minimum absolute atomic E-state index is 0.237. The molecule has 23 heavy (non-hydrogen) atoms. The van der Waals surface area contributed by atoms with Gasteiger partial charge in [0.2, 0.25) is 5.91 Å². The standard InChI is InChI=1S/C13H15Cl2N5O2S/c1-3-4-20-12(22)18-19-13(20)23-7(2)11(21)17-10-9(15)5-8(14)6-16-10/h5-7H,3-4H2,1-2H3,(H,18,22)(H,16,17,21). The van der Waals surface area contributed by atoms with Crippen LogP contribution in [0, 0.1) is 0 Å². The van der Waals surface area contributed by atoms with E-state index in [-0.39, 0.29) is 22.4 Å². The van der Waals surface area contributed by atoms with E-state index in [4.69, 9.17) is 23.2 Å². The molecule has 0 radical (unpaired) electrons. The van der Waals surface area contributed by atoms with Gasteiger partial charge in [-0.1, -0.05) is 41.9 Å². The molecule has 7 nitrogen and oxygen atoms in total. The van der Waals surface area contributed by atoms with Gasteiger partial charge in [0.25, 0.3) is 0 Å². The first-order valence-corrected chi connectivity index (χ1v) is 8.49. The Kier molecular flexibility index (Phi) is 6.09. The quantitative estimate of drug-likeness (QED) is 0.757. The summed E-state index contributed by atoms with van der Waals surface area (Å²) in [5, 5.41) is 9.58. The summed E-state index contributed by atoms with van der Waals surface area (Å²) in [6, 6.07) is 1.50. The molecule has 0 fully saturated rings. The molecule has 2 heterocycles. The number of thioether (sulfide) groups is 1. The number of aromatic nitrogens is 4. The molecular weight excluding hydrogens is 361 g/mol. The van der Waals surface area contributed by atoms with Gasteiger partial charge in [0, 0.05) is 12.7 Å². The molecule has 0 saturated heterocycles. The van der Waals surface area contributed by atoms with Crippen LogP contribution in [-0.4, -0.2) is 30.9 Å². The number of amides is 1. The molecule has 0 aliphatic rings. The zero-order chi connectivity index (χ0) is 17.0. The Balaban J connectivity index is 2.07. The Bertz CT molecular complexity index is 761. The van der Waals surface area contributed by atoms with Crippen molar-refractivity contribution in [1.82, 2.24) is 19.7 Å². The second-order valence-electron chi connectivity index (χ2n) is 4.70. The molecule has 1 unspecified atom stereocenters. The lowest BCUT2D eigenvalue weighted by Crippen LogP contribution is -2.24. The molecule has 2 aromatic heterocycles. The highest BCUT2D eigenvalue weighted by atomic mass is 35.5. The van der Waals surface area contributed by atoms with Crippen LogP contribution in [0.5, 0.6) is 0 Å². The van der Waals surface area contributed by atoms with Crippen molar-refractivity contribution in [2.24, 2.45) is 0 Å². The van der Waals surface area contributed by atoms with Crippen molar-refractivity contribution in [3.05, 3.63) is 32.8 Å². The predicted octanol–water partition coefficient (Wildman–Crippen LogP) is 2.80. The van der Waals surface area contributed by atoms with Crippen LogP contribution in [-0.2, 0) is 11.3 Å². The van der Waals surface area contributed by atoms with Crippen LogP contribution >= 0.6 is 35.0 Å². The Labute approximate surface area is 146 Å². The summed E-state index contributed by atoms with van der Waals surface area (Å²) >= 11 is 12.9. The molecule has 0 aliphatic heterocycles. The van der Waals surface area contributed by atoms with Crippen LogP contribution in [0.4, 0.5) is 5.82 Å². The molecule has 0 aliphatic carbocycles. The SMILES string of the molecule is CCCn1c(SC(C)C(=O)Nc2ncc(Cl)cc2Cl)n[nH]c1=O. The highest BCUT2D eigenvalue weighted by Crippen LogP contribution is 2.25. The van der Waals surface area contributed by atoms with E-state index in [0.29, 0.717) is 16.7 Å². The molecular formula is C13H15Cl2N5O2S. The van der Waals surface area contributed by atoms with Crippen LogP contribution in [0.15, 0.2) is 22.2 Å². The fourth-order valence-electron chi connectivity index (χ4n) is 1.75. The van der Waals surface area contributed by atoms with Crippen molar-refractivity contribution in [2.75, 3.05) is 5.32 Å². The fraction of sp³-hybridized carbons (Fsp3) is 0.385. The average Bonchev–Trinajstić information content (AvgIpc) is 2.83. The molecule has 0 bridgehead atoms. The predicted molar refractivity (Wildman–Crippen MR) is 91.3 cm³/mol. The van der Waals surface area contributed by atoms with Gasteiger partial charge >= 0.3 is 5.69 Å². The van der Waals surface area contributed by atoms with E-state index in [1.165, 1.54) is 28.6 Å². The average molecular weight is 376 g/mol. The summed E-state index contributed by atoms with van der Waals surface area (Å²) in [6.45, 7) is 4.20. The van der Waals surface area contributed by atoms with E-state index < -0.39 is 5.25 Å². The summed E-state index contributed by atoms with van der Waals surface area (Å²) in [5.41, 5.74) is -0.288. The summed E-state index contributed by atoms with van der Waals surface area (Å²) in [5.74, 6) is -0.0632. The second-order valence-corrected chi connectivity index (χ2v) is 6.85. The van der Waals surface area contributed by atoms with Crippen LogP contribution in [0.3, 0.4) is 0 Å². The number of hydrogen-bond acceptors (Lipinski definition) is 5. The largest absolute Gasteiger partial charge is 0.343 e. The van der Waals surface area contributed by atoms with E-state index >= 15 is 0 Å². The highest BCUT2D eigenvalue weighted by Gasteiger charge is 2.20. The molecule has 2 rings (SSSR count). The maximum atomic E-state index is 12.2. The molecule has 1 atom stereocenters. The van der Waals surface area contributed by atoms with E-state index in [1.807, 2.05) is 6.92 Å². The fourth-order valence-corrected chi connectivity index (χ4v) is 3.06. The molecule has 1 amide bonds. The molecule has 124 valence electrons. The normalized spacial score (nSPS) is 12.2. The van der Waals surface area contributed by atoms with E-state index in [0.717, 1.165) is 6.42 Å². The molecule has 0 saturated carbocycles. The van der Waals surface area contributed by atoms with Gasteiger partial charge < -0.3 is 5.32 Å². The number of rotatable bonds is 6. The number of hydrogen-bond donors (Lipinski definition) is 2. The van der Waals surface area contributed by atoms with Crippen molar-refractivity contribution >= 4 is 46.7 Å². The maximum Gasteiger partial charge on any atom is 0.343 e. The summed E-state index contributed by atoms with van der Waals surface area (Å²) in [7, 11) is 0. The number of H-pyrrole nitrogens is 1. The Hall–Kier alpha value is -1.51. The Morgan fingerprint density at radius 2 is 2.26 bits per heavy atom. The first-order chi connectivity index (χ1) is 10.9. The Morgan fingerprint density at radius 3 is 2.91 bits per heavy atom. The monoisotopic (exact) mass is 375 g/mol. The number of aromatic amines is 1. The van der Waals surface area contributed by atoms with Crippen molar-refractivity contribution in [2.45, 2.75) is 37.2 Å². The highest BCUT2D eigenvalue weighted by molar-refractivity contribution is 8.00.